The fraction of sp³-hybridized carbons (Fsp3) is 0.294. The molecule has 2 nitrogen and oxygen atoms in total. The summed E-state index contributed by atoms with van der Waals surface area (Å²) in [6, 6.07) is 11.3. The normalized spacial score (nSPS) is 12.2. The molecule has 2 aromatic carbocycles. The second-order valence-electron chi connectivity index (χ2n) is 5.14. The van der Waals surface area contributed by atoms with Gasteiger partial charge in [-0.05, 0) is 30.3 Å². The van der Waals surface area contributed by atoms with Gasteiger partial charge in [0.1, 0.15) is 11.6 Å². The van der Waals surface area contributed by atoms with Crippen LogP contribution in [0.15, 0.2) is 42.5 Å². The average Bonchev–Trinajstić information content (AvgIpc) is 2.46. The van der Waals surface area contributed by atoms with Crippen LogP contribution >= 0.6 is 0 Å². The van der Waals surface area contributed by atoms with E-state index in [1.54, 1.807) is 0 Å². The molecule has 0 saturated carbocycles. The molecule has 2 aromatic rings. The lowest BCUT2D eigenvalue weighted by Crippen LogP contribution is -2.23. The van der Waals surface area contributed by atoms with Gasteiger partial charge in [-0.1, -0.05) is 25.1 Å². The molecule has 2 rings (SSSR count). The number of rotatable bonds is 5. The van der Waals surface area contributed by atoms with Gasteiger partial charge < -0.3 is 10.2 Å². The Morgan fingerprint density at radius 3 is 2.24 bits per heavy atom. The van der Waals surface area contributed by atoms with E-state index in [2.05, 4.69) is 5.32 Å². The Morgan fingerprint density at radius 2 is 1.71 bits per heavy atom. The third-order valence-electron chi connectivity index (χ3n) is 3.42. The van der Waals surface area contributed by atoms with Crippen molar-refractivity contribution in [2.45, 2.75) is 13.0 Å². The minimum atomic E-state index is -0.561. The summed E-state index contributed by atoms with van der Waals surface area (Å²) in [5, 5.41) is 3.25. The summed E-state index contributed by atoms with van der Waals surface area (Å²) < 4.78 is 27.1. The third-order valence-corrected chi connectivity index (χ3v) is 3.42. The minimum absolute atomic E-state index is 0.285. The van der Waals surface area contributed by atoms with Crippen molar-refractivity contribution >= 4 is 5.69 Å². The molecule has 0 fully saturated rings. The molecule has 0 radical (unpaired) electrons. The molecule has 0 amide bonds. The van der Waals surface area contributed by atoms with Crippen LogP contribution < -0.4 is 10.2 Å². The molecule has 0 heterocycles. The molecule has 1 atom stereocenters. The third kappa shape index (κ3) is 3.58. The van der Waals surface area contributed by atoms with E-state index >= 15 is 0 Å². The average molecular weight is 290 g/mol. The van der Waals surface area contributed by atoms with Crippen molar-refractivity contribution in [1.29, 1.82) is 0 Å². The Hall–Kier alpha value is -1.94. The summed E-state index contributed by atoms with van der Waals surface area (Å²) in [5.74, 6) is -1.09. The summed E-state index contributed by atoms with van der Waals surface area (Å²) in [7, 11) is 3.94. The van der Waals surface area contributed by atoms with E-state index in [0.717, 1.165) is 17.3 Å². The van der Waals surface area contributed by atoms with Gasteiger partial charge in [0, 0.05) is 31.4 Å². The zero-order valence-electron chi connectivity index (χ0n) is 12.5. The topological polar surface area (TPSA) is 15.3 Å². The van der Waals surface area contributed by atoms with Gasteiger partial charge in [0.2, 0.25) is 0 Å². The van der Waals surface area contributed by atoms with Crippen molar-refractivity contribution in [2.75, 3.05) is 25.5 Å². The van der Waals surface area contributed by atoms with Gasteiger partial charge in [-0.25, -0.2) is 8.78 Å². The van der Waals surface area contributed by atoms with Gasteiger partial charge in [0.25, 0.3) is 0 Å². The van der Waals surface area contributed by atoms with Gasteiger partial charge in [0.15, 0.2) is 0 Å². The zero-order valence-corrected chi connectivity index (χ0v) is 12.5. The Labute approximate surface area is 124 Å². The van der Waals surface area contributed by atoms with E-state index in [-0.39, 0.29) is 6.04 Å². The van der Waals surface area contributed by atoms with Crippen molar-refractivity contribution in [1.82, 2.24) is 5.32 Å². The van der Waals surface area contributed by atoms with E-state index in [1.807, 2.05) is 50.2 Å². The lowest BCUT2D eigenvalue weighted by molar-refractivity contribution is 0.541. The maximum absolute atomic E-state index is 14.0. The number of halogens is 2. The van der Waals surface area contributed by atoms with E-state index < -0.39 is 11.6 Å². The molecule has 1 unspecified atom stereocenters. The largest absolute Gasteiger partial charge is 0.378 e. The molecule has 0 aliphatic heterocycles. The van der Waals surface area contributed by atoms with Crippen molar-refractivity contribution in [3.8, 4) is 0 Å². The Bertz CT molecular complexity index is 594. The Kier molecular flexibility index (Phi) is 4.91. The predicted molar refractivity (Wildman–Crippen MR) is 82.6 cm³/mol. The second kappa shape index (κ2) is 6.68. The van der Waals surface area contributed by atoms with Crippen LogP contribution in [0.4, 0.5) is 14.5 Å². The van der Waals surface area contributed by atoms with Gasteiger partial charge in [0.05, 0.1) is 6.04 Å². The number of nitrogens with zero attached hydrogens (tertiary/aromatic N) is 1. The molecule has 0 aliphatic carbocycles. The lowest BCUT2D eigenvalue weighted by atomic mass is 9.97. The monoisotopic (exact) mass is 290 g/mol. The van der Waals surface area contributed by atoms with Gasteiger partial charge >= 0.3 is 0 Å². The molecular weight excluding hydrogens is 270 g/mol. The fourth-order valence-electron chi connectivity index (χ4n) is 2.31. The van der Waals surface area contributed by atoms with Crippen LogP contribution in [0.1, 0.15) is 24.1 Å². The Balaban J connectivity index is 2.38. The van der Waals surface area contributed by atoms with Gasteiger partial charge in [-0.15, -0.1) is 0 Å². The van der Waals surface area contributed by atoms with E-state index in [9.17, 15) is 8.78 Å². The summed E-state index contributed by atoms with van der Waals surface area (Å²) in [6.45, 7) is 2.65. The van der Waals surface area contributed by atoms with Crippen LogP contribution in [-0.2, 0) is 0 Å². The molecule has 1 N–H and O–H groups in total. The standard InChI is InChI=1S/C17H20F2N2/c1-4-20-17(15-10-7-13(18)11-16(15)19)12-5-8-14(9-6-12)21(2)3/h5-11,17,20H,4H2,1-3H3. The van der Waals surface area contributed by atoms with Crippen molar-refractivity contribution < 1.29 is 8.78 Å². The van der Waals surface area contributed by atoms with E-state index in [0.29, 0.717) is 12.1 Å². The van der Waals surface area contributed by atoms with Crippen LogP contribution in [0.25, 0.3) is 0 Å². The molecule has 0 spiro atoms. The number of hydrogen-bond acceptors (Lipinski definition) is 2. The molecule has 4 heteroatoms. The van der Waals surface area contributed by atoms with Crippen molar-refractivity contribution in [3.05, 3.63) is 65.2 Å². The molecule has 0 aliphatic rings. The highest BCUT2D eigenvalue weighted by Crippen LogP contribution is 2.26. The Morgan fingerprint density at radius 1 is 1.05 bits per heavy atom. The second-order valence-corrected chi connectivity index (χ2v) is 5.14. The number of hydrogen-bond donors (Lipinski definition) is 1. The molecule has 21 heavy (non-hydrogen) atoms. The summed E-state index contributed by atoms with van der Waals surface area (Å²) in [6.07, 6.45) is 0. The van der Waals surface area contributed by atoms with Crippen LogP contribution in [0.3, 0.4) is 0 Å². The maximum atomic E-state index is 14.0. The highest BCUT2D eigenvalue weighted by Gasteiger charge is 2.17. The molecule has 0 saturated heterocycles. The molecular formula is C17H20F2N2. The molecule has 0 aromatic heterocycles. The summed E-state index contributed by atoms with van der Waals surface area (Å²) >= 11 is 0. The zero-order chi connectivity index (χ0) is 15.4. The van der Waals surface area contributed by atoms with Crippen LogP contribution in [0.2, 0.25) is 0 Å². The fourth-order valence-corrected chi connectivity index (χ4v) is 2.31. The highest BCUT2D eigenvalue weighted by molar-refractivity contribution is 5.47. The van der Waals surface area contributed by atoms with Gasteiger partial charge in [-0.3, -0.25) is 0 Å². The van der Waals surface area contributed by atoms with E-state index in [1.165, 1.54) is 12.1 Å². The quantitative estimate of drug-likeness (QED) is 0.902. The lowest BCUT2D eigenvalue weighted by Gasteiger charge is -2.21. The van der Waals surface area contributed by atoms with Gasteiger partial charge in [-0.2, -0.15) is 0 Å². The van der Waals surface area contributed by atoms with E-state index in [4.69, 9.17) is 0 Å². The maximum Gasteiger partial charge on any atom is 0.131 e. The SMILES string of the molecule is CCNC(c1ccc(N(C)C)cc1)c1ccc(F)cc1F. The van der Waals surface area contributed by atoms with Crippen LogP contribution in [0.5, 0.6) is 0 Å². The molecule has 0 bridgehead atoms. The predicted octanol–water partition coefficient (Wildman–Crippen LogP) is 3.73. The highest BCUT2D eigenvalue weighted by atomic mass is 19.1. The van der Waals surface area contributed by atoms with Crippen LogP contribution in [0, 0.1) is 11.6 Å². The first-order valence-electron chi connectivity index (χ1n) is 6.98. The first-order chi connectivity index (χ1) is 10.0. The number of anilines is 1. The summed E-state index contributed by atoms with van der Waals surface area (Å²) in [5.41, 5.74) is 2.48. The van der Waals surface area contributed by atoms with Crippen molar-refractivity contribution in [3.63, 3.8) is 0 Å². The minimum Gasteiger partial charge on any atom is -0.378 e. The smallest absolute Gasteiger partial charge is 0.131 e. The molecule has 112 valence electrons. The first kappa shape index (κ1) is 15.4. The number of benzene rings is 2. The summed E-state index contributed by atoms with van der Waals surface area (Å²) in [4.78, 5) is 2.00. The first-order valence-corrected chi connectivity index (χ1v) is 6.98. The van der Waals surface area contributed by atoms with Crippen LogP contribution in [-0.4, -0.2) is 20.6 Å². The van der Waals surface area contributed by atoms with Crippen molar-refractivity contribution in [2.24, 2.45) is 0 Å². The number of nitrogens with one attached hydrogen (secondary N) is 1.